The van der Waals surface area contributed by atoms with E-state index in [9.17, 15) is 14.9 Å². The van der Waals surface area contributed by atoms with Crippen molar-refractivity contribution in [2.24, 2.45) is 5.92 Å². The van der Waals surface area contributed by atoms with E-state index in [4.69, 9.17) is 5.11 Å². The zero-order chi connectivity index (χ0) is 15.4. The molecule has 1 saturated carbocycles. The van der Waals surface area contributed by atoms with E-state index in [0.29, 0.717) is 11.6 Å². The molecule has 114 valence electrons. The highest BCUT2D eigenvalue weighted by Gasteiger charge is 2.23. The lowest BCUT2D eigenvalue weighted by atomic mass is 9.96. The topological polar surface area (TPSA) is 92.5 Å². The van der Waals surface area contributed by atoms with Gasteiger partial charge in [-0.2, -0.15) is 0 Å². The minimum atomic E-state index is -1.28. The van der Waals surface area contributed by atoms with Crippen LogP contribution in [0.25, 0.3) is 0 Å². The number of rotatable bonds is 4. The standard InChI is InChI=1S/C15H20N2O4/c1-10-5-3-2-4-6-13(10)16-11-7-8-14(17(20)21)12(9-11)15(18)19/h7-10,13,16H,2-6H2,1H3,(H,18,19). The molecule has 0 saturated heterocycles. The molecule has 6 heteroatoms. The van der Waals surface area contributed by atoms with Gasteiger partial charge in [0.1, 0.15) is 5.56 Å². The van der Waals surface area contributed by atoms with E-state index < -0.39 is 10.9 Å². The smallest absolute Gasteiger partial charge is 0.342 e. The van der Waals surface area contributed by atoms with Gasteiger partial charge < -0.3 is 10.4 Å². The van der Waals surface area contributed by atoms with E-state index in [0.717, 1.165) is 19.3 Å². The van der Waals surface area contributed by atoms with Crippen LogP contribution in [0.5, 0.6) is 0 Å². The first-order valence-corrected chi connectivity index (χ1v) is 7.27. The molecule has 2 N–H and O–H groups in total. The summed E-state index contributed by atoms with van der Waals surface area (Å²) in [5.74, 6) is -0.768. The lowest BCUT2D eigenvalue weighted by Gasteiger charge is -2.24. The van der Waals surface area contributed by atoms with Gasteiger partial charge in [-0.1, -0.05) is 26.2 Å². The number of carboxylic acid groups (broad SMARTS) is 1. The van der Waals surface area contributed by atoms with E-state index in [2.05, 4.69) is 12.2 Å². The van der Waals surface area contributed by atoms with E-state index in [1.54, 1.807) is 6.07 Å². The molecular formula is C15H20N2O4. The molecule has 0 aromatic heterocycles. The van der Waals surface area contributed by atoms with Crippen LogP contribution in [0, 0.1) is 16.0 Å². The normalized spacial score (nSPS) is 22.3. The molecule has 2 rings (SSSR count). The molecule has 1 fully saturated rings. The van der Waals surface area contributed by atoms with Crippen molar-refractivity contribution < 1.29 is 14.8 Å². The van der Waals surface area contributed by atoms with Crippen LogP contribution in [0.15, 0.2) is 18.2 Å². The van der Waals surface area contributed by atoms with E-state index in [1.165, 1.54) is 25.0 Å². The van der Waals surface area contributed by atoms with Gasteiger partial charge in [0, 0.05) is 17.8 Å². The SMILES string of the molecule is CC1CCCCCC1Nc1ccc([N+](=O)[O-])c(C(=O)O)c1. The van der Waals surface area contributed by atoms with Gasteiger partial charge in [0.05, 0.1) is 4.92 Å². The third-order valence-electron chi connectivity index (χ3n) is 4.14. The third-order valence-corrected chi connectivity index (χ3v) is 4.14. The van der Waals surface area contributed by atoms with Crippen molar-refractivity contribution in [3.63, 3.8) is 0 Å². The predicted octanol–water partition coefficient (Wildman–Crippen LogP) is 3.67. The molecule has 21 heavy (non-hydrogen) atoms. The Labute approximate surface area is 123 Å². The Bertz CT molecular complexity index is 544. The summed E-state index contributed by atoms with van der Waals surface area (Å²) in [6, 6.07) is 4.49. The molecule has 0 spiro atoms. The number of carbonyl (C=O) groups is 1. The fourth-order valence-corrected chi connectivity index (χ4v) is 2.88. The van der Waals surface area contributed by atoms with Gasteiger partial charge in [-0.25, -0.2) is 4.79 Å². The molecule has 0 amide bonds. The predicted molar refractivity (Wildman–Crippen MR) is 79.7 cm³/mol. The zero-order valence-electron chi connectivity index (χ0n) is 12.0. The maximum absolute atomic E-state index is 11.2. The summed E-state index contributed by atoms with van der Waals surface area (Å²) < 4.78 is 0. The molecule has 0 heterocycles. The first-order valence-electron chi connectivity index (χ1n) is 7.27. The summed E-state index contributed by atoms with van der Waals surface area (Å²) in [4.78, 5) is 21.3. The lowest BCUT2D eigenvalue weighted by molar-refractivity contribution is -0.385. The van der Waals surface area contributed by atoms with E-state index >= 15 is 0 Å². The lowest BCUT2D eigenvalue weighted by Crippen LogP contribution is -2.26. The number of anilines is 1. The van der Waals surface area contributed by atoms with Crippen LogP contribution in [-0.4, -0.2) is 22.0 Å². The Kier molecular flexibility index (Phi) is 4.77. The van der Waals surface area contributed by atoms with Gasteiger partial charge in [-0.3, -0.25) is 10.1 Å². The number of nitrogens with one attached hydrogen (secondary N) is 1. The molecule has 2 unspecified atom stereocenters. The number of hydrogen-bond acceptors (Lipinski definition) is 4. The second kappa shape index (κ2) is 6.56. The van der Waals surface area contributed by atoms with Crippen LogP contribution in [0.2, 0.25) is 0 Å². The number of nitro benzene ring substituents is 1. The number of carboxylic acids is 1. The summed E-state index contributed by atoms with van der Waals surface area (Å²) in [6.45, 7) is 2.19. The molecule has 0 bridgehead atoms. The average Bonchev–Trinajstić information content (AvgIpc) is 2.64. The molecule has 1 aromatic rings. The Balaban J connectivity index is 2.22. The van der Waals surface area contributed by atoms with Crippen molar-refractivity contribution in [3.05, 3.63) is 33.9 Å². The van der Waals surface area contributed by atoms with Crippen LogP contribution in [0.4, 0.5) is 11.4 Å². The fourth-order valence-electron chi connectivity index (χ4n) is 2.88. The van der Waals surface area contributed by atoms with Gasteiger partial charge in [-0.05, 0) is 30.9 Å². The number of aromatic carboxylic acids is 1. The Morgan fingerprint density at radius 3 is 2.71 bits per heavy atom. The minimum absolute atomic E-state index is 0.272. The Morgan fingerprint density at radius 2 is 2.05 bits per heavy atom. The van der Waals surface area contributed by atoms with Gasteiger partial charge in [0.25, 0.3) is 5.69 Å². The number of nitrogens with zero attached hydrogens (tertiary/aromatic N) is 1. The monoisotopic (exact) mass is 292 g/mol. The molecular weight excluding hydrogens is 272 g/mol. The van der Waals surface area contributed by atoms with Crippen LogP contribution in [-0.2, 0) is 0 Å². The first kappa shape index (κ1) is 15.3. The largest absolute Gasteiger partial charge is 0.477 e. The molecule has 0 radical (unpaired) electrons. The summed E-state index contributed by atoms with van der Waals surface area (Å²) in [5, 5.41) is 23.3. The fraction of sp³-hybridized carbons (Fsp3) is 0.533. The van der Waals surface area contributed by atoms with Crippen molar-refractivity contribution in [1.82, 2.24) is 0 Å². The van der Waals surface area contributed by atoms with Gasteiger partial charge in [0.15, 0.2) is 0 Å². The number of hydrogen-bond donors (Lipinski definition) is 2. The number of nitro groups is 1. The van der Waals surface area contributed by atoms with Crippen LogP contribution < -0.4 is 5.32 Å². The first-order chi connectivity index (χ1) is 9.99. The zero-order valence-corrected chi connectivity index (χ0v) is 12.0. The van der Waals surface area contributed by atoms with E-state index in [1.807, 2.05) is 0 Å². The molecule has 1 aliphatic carbocycles. The summed E-state index contributed by atoms with van der Waals surface area (Å²) in [6.07, 6.45) is 5.79. The highest BCUT2D eigenvalue weighted by molar-refractivity contribution is 5.93. The number of benzene rings is 1. The quantitative estimate of drug-likeness (QED) is 0.501. The molecule has 2 atom stereocenters. The summed E-state index contributed by atoms with van der Waals surface area (Å²) >= 11 is 0. The second-order valence-electron chi connectivity index (χ2n) is 5.66. The molecule has 1 aromatic carbocycles. The highest BCUT2D eigenvalue weighted by atomic mass is 16.6. The Hall–Kier alpha value is -2.11. The van der Waals surface area contributed by atoms with Gasteiger partial charge in [0.2, 0.25) is 0 Å². The van der Waals surface area contributed by atoms with Crippen LogP contribution >= 0.6 is 0 Å². The molecule has 1 aliphatic rings. The van der Waals surface area contributed by atoms with Crippen molar-refractivity contribution in [3.8, 4) is 0 Å². The molecule has 0 aliphatic heterocycles. The van der Waals surface area contributed by atoms with Crippen molar-refractivity contribution in [2.45, 2.75) is 45.1 Å². The van der Waals surface area contributed by atoms with E-state index in [-0.39, 0.29) is 17.3 Å². The Morgan fingerprint density at radius 1 is 1.33 bits per heavy atom. The maximum atomic E-state index is 11.2. The summed E-state index contributed by atoms with van der Waals surface area (Å²) in [7, 11) is 0. The highest BCUT2D eigenvalue weighted by Crippen LogP contribution is 2.28. The molecule has 6 nitrogen and oxygen atoms in total. The van der Waals surface area contributed by atoms with Gasteiger partial charge in [-0.15, -0.1) is 0 Å². The van der Waals surface area contributed by atoms with Crippen molar-refractivity contribution in [1.29, 1.82) is 0 Å². The average molecular weight is 292 g/mol. The van der Waals surface area contributed by atoms with Crippen molar-refractivity contribution >= 4 is 17.3 Å². The minimum Gasteiger partial charge on any atom is -0.477 e. The van der Waals surface area contributed by atoms with Crippen LogP contribution in [0.1, 0.15) is 49.4 Å². The van der Waals surface area contributed by atoms with Gasteiger partial charge >= 0.3 is 5.97 Å². The second-order valence-corrected chi connectivity index (χ2v) is 5.66. The van der Waals surface area contributed by atoms with Crippen LogP contribution in [0.3, 0.4) is 0 Å². The summed E-state index contributed by atoms with van der Waals surface area (Å²) in [5.41, 5.74) is -0.00927. The van der Waals surface area contributed by atoms with Crippen molar-refractivity contribution in [2.75, 3.05) is 5.32 Å². The third kappa shape index (κ3) is 3.71. The maximum Gasteiger partial charge on any atom is 0.342 e.